The number of hydrogen-bond donors (Lipinski definition) is 1. The van der Waals surface area contributed by atoms with Gasteiger partial charge in [-0.1, -0.05) is 67.4 Å². The molecule has 0 aliphatic carbocycles. The lowest BCUT2D eigenvalue weighted by atomic mass is 9.99. The zero-order chi connectivity index (χ0) is 31.2. The van der Waals surface area contributed by atoms with E-state index in [1.165, 1.54) is 12.1 Å². The van der Waals surface area contributed by atoms with E-state index in [1.54, 1.807) is 13.0 Å². The topological polar surface area (TPSA) is 150 Å². The maximum absolute atomic E-state index is 12.5. The van der Waals surface area contributed by atoms with Crippen molar-refractivity contribution < 1.29 is 47.6 Å². The molecule has 0 saturated heterocycles. The second-order valence-electron chi connectivity index (χ2n) is 12.4. The minimum Gasteiger partial charge on any atom is -0.461 e. The molecule has 0 amide bonds. The number of esters is 2. The van der Waals surface area contributed by atoms with Crippen molar-refractivity contribution >= 4 is 24.2 Å². The molecule has 2 N–H and O–H groups in total. The predicted molar refractivity (Wildman–Crippen MR) is 152 cm³/mol. The Hall–Kier alpha value is -3.34. The minimum absolute atomic E-state index is 0.0200. The molecule has 2 atom stereocenters. The van der Waals surface area contributed by atoms with Crippen LogP contribution in [0.3, 0.4) is 0 Å². The van der Waals surface area contributed by atoms with Gasteiger partial charge in [-0.15, -0.1) is 0 Å². The van der Waals surface area contributed by atoms with Gasteiger partial charge in [0.15, 0.2) is 11.5 Å². The summed E-state index contributed by atoms with van der Waals surface area (Å²) in [5, 5.41) is 0. The third-order valence-corrected chi connectivity index (χ3v) is 5.18. The molecule has 11 heteroatoms. The summed E-state index contributed by atoms with van der Waals surface area (Å²) in [6.07, 6.45) is 0.426. The Morgan fingerprint density at radius 1 is 0.829 bits per heavy atom. The van der Waals surface area contributed by atoms with Crippen LogP contribution in [-0.4, -0.2) is 56.2 Å². The van der Waals surface area contributed by atoms with E-state index < -0.39 is 30.4 Å². The summed E-state index contributed by atoms with van der Waals surface area (Å²) in [7, 11) is 0. The first-order chi connectivity index (χ1) is 19.0. The zero-order valence-electron chi connectivity index (χ0n) is 25.7. The molecule has 1 aromatic carbocycles. The number of nitrogens with two attached hydrogens (primary N) is 1. The number of benzene rings is 1. The van der Waals surface area contributed by atoms with Crippen molar-refractivity contribution in [2.24, 2.45) is 16.6 Å². The zero-order valence-corrected chi connectivity index (χ0v) is 25.7. The van der Waals surface area contributed by atoms with Crippen molar-refractivity contribution in [3.63, 3.8) is 0 Å². The smallest absolute Gasteiger partial charge is 0.461 e. The number of hydrogen-bond acceptors (Lipinski definition) is 11. The third-order valence-electron chi connectivity index (χ3n) is 5.18. The second-order valence-corrected chi connectivity index (χ2v) is 12.4. The first kappa shape index (κ1) is 35.7. The van der Waals surface area contributed by atoms with Gasteiger partial charge in [0, 0.05) is 6.42 Å². The molecule has 41 heavy (non-hydrogen) atoms. The van der Waals surface area contributed by atoms with Gasteiger partial charge in [-0.05, 0) is 48.3 Å². The van der Waals surface area contributed by atoms with Gasteiger partial charge in [-0.3, -0.25) is 9.59 Å². The Morgan fingerprint density at radius 3 is 1.93 bits per heavy atom. The molecule has 11 nitrogen and oxygen atoms in total. The van der Waals surface area contributed by atoms with E-state index in [9.17, 15) is 19.2 Å². The van der Waals surface area contributed by atoms with E-state index in [0.717, 1.165) is 19.3 Å². The van der Waals surface area contributed by atoms with E-state index in [1.807, 2.05) is 48.5 Å². The van der Waals surface area contributed by atoms with Crippen LogP contribution in [0.5, 0.6) is 11.5 Å². The van der Waals surface area contributed by atoms with Gasteiger partial charge >= 0.3 is 24.2 Å². The van der Waals surface area contributed by atoms with Gasteiger partial charge in [-0.25, -0.2) is 9.59 Å². The van der Waals surface area contributed by atoms with E-state index in [0.29, 0.717) is 12.0 Å². The Balaban J connectivity index is 2.86. The summed E-state index contributed by atoms with van der Waals surface area (Å²) < 4.78 is 31.4. The number of ether oxygens (including phenoxy) is 6. The van der Waals surface area contributed by atoms with E-state index >= 15 is 0 Å². The van der Waals surface area contributed by atoms with Crippen LogP contribution in [0, 0.1) is 10.8 Å². The summed E-state index contributed by atoms with van der Waals surface area (Å²) in [6.45, 7) is 15.1. The molecule has 0 aliphatic heterocycles. The van der Waals surface area contributed by atoms with Crippen LogP contribution in [0.1, 0.15) is 86.6 Å². The fourth-order valence-corrected chi connectivity index (χ4v) is 3.11. The Bertz CT molecular complexity index is 1010. The maximum atomic E-state index is 12.5. The average molecular weight is 582 g/mol. The first-order valence-corrected chi connectivity index (χ1v) is 13.9. The largest absolute Gasteiger partial charge is 0.513 e. The second kappa shape index (κ2) is 16.8. The molecule has 0 saturated carbocycles. The van der Waals surface area contributed by atoms with Crippen LogP contribution < -0.4 is 15.2 Å². The first-order valence-electron chi connectivity index (χ1n) is 13.9. The molecule has 0 bridgehead atoms. The van der Waals surface area contributed by atoms with Gasteiger partial charge < -0.3 is 34.2 Å². The molecule has 0 aliphatic rings. The third kappa shape index (κ3) is 16.5. The van der Waals surface area contributed by atoms with E-state index in [2.05, 4.69) is 0 Å². The number of rotatable bonds is 14. The van der Waals surface area contributed by atoms with Crippen molar-refractivity contribution in [2.45, 2.75) is 99.6 Å². The molecule has 0 aromatic heterocycles. The molecule has 0 spiro atoms. The quantitative estimate of drug-likeness (QED) is 0.124. The lowest BCUT2D eigenvalue weighted by Crippen LogP contribution is -2.36. The highest BCUT2D eigenvalue weighted by atomic mass is 16.7. The van der Waals surface area contributed by atoms with Gasteiger partial charge in [0.1, 0.15) is 18.8 Å². The van der Waals surface area contributed by atoms with Crippen molar-refractivity contribution in [1.82, 2.24) is 0 Å². The molecular formula is C30H47NO10. The summed E-state index contributed by atoms with van der Waals surface area (Å²) in [5.41, 5.74) is 5.97. The summed E-state index contributed by atoms with van der Waals surface area (Å²) in [5.74, 6) is -1.23. The number of unbranched alkanes of at least 4 members (excludes halogenated alkanes) is 2. The number of carbonyl (C=O) groups excluding carboxylic acids is 4. The van der Waals surface area contributed by atoms with Crippen LogP contribution in [0.25, 0.3) is 0 Å². The summed E-state index contributed by atoms with van der Waals surface area (Å²) in [6, 6.07) is 3.32. The highest BCUT2D eigenvalue weighted by Crippen LogP contribution is 2.30. The Morgan fingerprint density at radius 2 is 1.39 bits per heavy atom. The van der Waals surface area contributed by atoms with E-state index in [-0.39, 0.29) is 54.5 Å². The fourth-order valence-electron chi connectivity index (χ4n) is 3.11. The van der Waals surface area contributed by atoms with Gasteiger partial charge in [-0.2, -0.15) is 0 Å². The molecule has 1 rings (SSSR count). The highest BCUT2D eigenvalue weighted by Gasteiger charge is 2.23. The van der Waals surface area contributed by atoms with Gasteiger partial charge in [0.2, 0.25) is 0 Å². The van der Waals surface area contributed by atoms with Crippen LogP contribution in [0.2, 0.25) is 0 Å². The number of carbonyl (C=O) groups is 4. The highest BCUT2D eigenvalue weighted by molar-refractivity contribution is 5.76. The van der Waals surface area contributed by atoms with Crippen molar-refractivity contribution in [3.05, 3.63) is 23.8 Å². The van der Waals surface area contributed by atoms with Crippen molar-refractivity contribution in [3.8, 4) is 11.5 Å². The molecule has 0 fully saturated rings. The Kier molecular flexibility index (Phi) is 14.6. The molecule has 232 valence electrons. The lowest BCUT2D eigenvalue weighted by Gasteiger charge is -2.19. The van der Waals surface area contributed by atoms with Crippen LogP contribution >= 0.6 is 0 Å². The predicted octanol–water partition coefficient (Wildman–Crippen LogP) is 5.73. The van der Waals surface area contributed by atoms with Crippen molar-refractivity contribution in [1.29, 1.82) is 0 Å². The van der Waals surface area contributed by atoms with Crippen molar-refractivity contribution in [2.75, 3.05) is 19.8 Å². The molecule has 0 unspecified atom stereocenters. The molecule has 0 radical (unpaired) electrons. The minimum atomic E-state index is -1.06. The SMILES string of the molecule is CCCCCC(=O)O[C@@H](C)COC(=O)[C@@H](N)Cc1ccc(OC(=O)OCC(C)(C)C)c(OC(=O)OCC(C)(C)C)c1. The van der Waals surface area contributed by atoms with E-state index in [4.69, 9.17) is 34.2 Å². The summed E-state index contributed by atoms with van der Waals surface area (Å²) >= 11 is 0. The van der Waals surface area contributed by atoms with Crippen LogP contribution in [0.4, 0.5) is 9.59 Å². The lowest BCUT2D eigenvalue weighted by molar-refractivity contribution is -0.158. The maximum Gasteiger partial charge on any atom is 0.513 e. The average Bonchev–Trinajstić information content (AvgIpc) is 2.85. The molecule has 1 aromatic rings. The van der Waals surface area contributed by atoms with Crippen LogP contribution in [0.15, 0.2) is 18.2 Å². The Labute approximate surface area is 243 Å². The molecule has 0 heterocycles. The van der Waals surface area contributed by atoms with Crippen LogP contribution in [-0.2, 0) is 35.0 Å². The summed E-state index contributed by atoms with van der Waals surface area (Å²) in [4.78, 5) is 48.9. The normalized spacial score (nSPS) is 13.0. The van der Waals surface area contributed by atoms with Gasteiger partial charge in [0.05, 0.1) is 13.2 Å². The fraction of sp³-hybridized carbons (Fsp3) is 0.667. The standard InChI is InChI=1S/C30H47NO10/c1-9-10-11-12-25(32)39-20(2)17-36-26(33)22(31)15-21-13-14-23(40-27(34)37-18-29(3,4)5)24(16-21)41-28(35)38-19-30(6,7)8/h13-14,16,20,22H,9-12,15,17-19,31H2,1-8H3/t20-,22-/m0/s1. The van der Waals surface area contributed by atoms with Gasteiger partial charge in [0.25, 0.3) is 0 Å². The monoisotopic (exact) mass is 581 g/mol. The molecular weight excluding hydrogens is 534 g/mol.